The van der Waals surface area contributed by atoms with Gasteiger partial charge in [0.15, 0.2) is 5.65 Å². The fourth-order valence-corrected chi connectivity index (χ4v) is 3.09. The molecular formula is C14H9N3S. The zero-order chi connectivity index (χ0) is 11.9. The van der Waals surface area contributed by atoms with E-state index in [0.29, 0.717) is 0 Å². The molecule has 0 amide bonds. The van der Waals surface area contributed by atoms with Crippen LogP contribution in [-0.4, -0.2) is 14.6 Å². The Morgan fingerprint density at radius 1 is 1.11 bits per heavy atom. The summed E-state index contributed by atoms with van der Waals surface area (Å²) < 4.78 is 3.10. The lowest BCUT2D eigenvalue weighted by Gasteiger charge is -1.93. The van der Waals surface area contributed by atoms with Crippen molar-refractivity contribution in [3.8, 4) is 11.3 Å². The number of rotatable bonds is 1. The standard InChI is InChI=1S/C14H9N3S/c1-2-5-13-10(4-1)11(9-18-13)12-8-14-15-6-3-7-17(14)16-12/h1-9H. The second kappa shape index (κ2) is 3.65. The van der Waals surface area contributed by atoms with Gasteiger partial charge in [-0.2, -0.15) is 5.10 Å². The Hall–Kier alpha value is -2.20. The van der Waals surface area contributed by atoms with Crippen LogP contribution in [0.3, 0.4) is 0 Å². The number of hydrogen-bond donors (Lipinski definition) is 0. The molecule has 4 rings (SSSR count). The van der Waals surface area contributed by atoms with Crippen LogP contribution in [-0.2, 0) is 0 Å². The largest absolute Gasteiger partial charge is 0.237 e. The minimum atomic E-state index is 0.878. The summed E-state index contributed by atoms with van der Waals surface area (Å²) >= 11 is 1.75. The topological polar surface area (TPSA) is 30.2 Å². The van der Waals surface area contributed by atoms with E-state index in [4.69, 9.17) is 0 Å². The fraction of sp³-hybridized carbons (Fsp3) is 0. The van der Waals surface area contributed by atoms with Crippen molar-refractivity contribution >= 4 is 27.1 Å². The van der Waals surface area contributed by atoms with Gasteiger partial charge in [-0.3, -0.25) is 0 Å². The van der Waals surface area contributed by atoms with Crippen molar-refractivity contribution in [2.75, 3.05) is 0 Å². The Morgan fingerprint density at radius 2 is 2.06 bits per heavy atom. The molecule has 0 aliphatic carbocycles. The van der Waals surface area contributed by atoms with Crippen LogP contribution in [0.4, 0.5) is 0 Å². The lowest BCUT2D eigenvalue weighted by molar-refractivity contribution is 0.944. The Bertz CT molecular complexity index is 811. The number of aromatic nitrogens is 3. The lowest BCUT2D eigenvalue weighted by Crippen LogP contribution is -1.86. The summed E-state index contributed by atoms with van der Waals surface area (Å²) in [6.07, 6.45) is 3.70. The van der Waals surface area contributed by atoms with Gasteiger partial charge in [0, 0.05) is 39.5 Å². The maximum Gasteiger partial charge on any atom is 0.155 e. The van der Waals surface area contributed by atoms with Crippen LogP contribution in [0.15, 0.2) is 54.2 Å². The van der Waals surface area contributed by atoms with Gasteiger partial charge in [-0.25, -0.2) is 9.50 Å². The van der Waals surface area contributed by atoms with Gasteiger partial charge >= 0.3 is 0 Å². The highest BCUT2D eigenvalue weighted by atomic mass is 32.1. The Labute approximate surface area is 107 Å². The summed E-state index contributed by atoms with van der Waals surface area (Å²) in [6, 6.07) is 12.3. The predicted octanol–water partition coefficient (Wildman–Crippen LogP) is 3.61. The van der Waals surface area contributed by atoms with Crippen LogP contribution >= 0.6 is 11.3 Å². The normalized spacial score (nSPS) is 11.3. The second-order valence-corrected chi connectivity index (χ2v) is 5.01. The molecule has 3 nitrogen and oxygen atoms in total. The average Bonchev–Trinajstić information content (AvgIpc) is 3.02. The first kappa shape index (κ1) is 9.79. The van der Waals surface area contributed by atoms with E-state index in [-0.39, 0.29) is 0 Å². The number of benzene rings is 1. The number of thiophene rings is 1. The van der Waals surface area contributed by atoms with E-state index in [9.17, 15) is 0 Å². The summed E-state index contributed by atoms with van der Waals surface area (Å²) in [6.45, 7) is 0. The zero-order valence-corrected chi connectivity index (χ0v) is 10.3. The van der Waals surface area contributed by atoms with E-state index >= 15 is 0 Å². The van der Waals surface area contributed by atoms with Gasteiger partial charge in [0.25, 0.3) is 0 Å². The molecule has 1 aromatic carbocycles. The third-order valence-electron chi connectivity index (χ3n) is 2.99. The maximum absolute atomic E-state index is 4.57. The van der Waals surface area contributed by atoms with E-state index in [2.05, 4.69) is 39.7 Å². The molecule has 0 fully saturated rings. The predicted molar refractivity (Wildman–Crippen MR) is 73.8 cm³/mol. The average molecular weight is 251 g/mol. The molecule has 18 heavy (non-hydrogen) atoms. The SMILES string of the molecule is c1ccc2c(-c3cc4ncccn4n3)csc2c1. The Morgan fingerprint density at radius 3 is 3.00 bits per heavy atom. The molecule has 0 spiro atoms. The van der Waals surface area contributed by atoms with Crippen LogP contribution in [0, 0.1) is 0 Å². The van der Waals surface area contributed by atoms with Gasteiger partial charge < -0.3 is 0 Å². The number of fused-ring (bicyclic) bond motifs is 2. The molecule has 0 saturated heterocycles. The van der Waals surface area contributed by atoms with E-state index in [1.54, 1.807) is 17.5 Å². The Kier molecular flexibility index (Phi) is 1.98. The lowest BCUT2D eigenvalue weighted by atomic mass is 10.1. The number of nitrogens with zero attached hydrogens (tertiary/aromatic N) is 3. The molecule has 0 atom stereocenters. The summed E-state index contributed by atoms with van der Waals surface area (Å²) in [5.74, 6) is 0. The van der Waals surface area contributed by atoms with E-state index in [1.807, 2.05) is 22.8 Å². The minimum Gasteiger partial charge on any atom is -0.237 e. The summed E-state index contributed by atoms with van der Waals surface area (Å²) in [7, 11) is 0. The van der Waals surface area contributed by atoms with Crippen molar-refractivity contribution in [3.05, 3.63) is 54.2 Å². The van der Waals surface area contributed by atoms with E-state index in [1.165, 1.54) is 15.6 Å². The summed E-state index contributed by atoms with van der Waals surface area (Å²) in [5.41, 5.74) is 3.04. The number of hydrogen-bond acceptors (Lipinski definition) is 3. The van der Waals surface area contributed by atoms with E-state index < -0.39 is 0 Å². The van der Waals surface area contributed by atoms with E-state index in [0.717, 1.165) is 11.3 Å². The monoisotopic (exact) mass is 251 g/mol. The molecule has 86 valence electrons. The van der Waals surface area contributed by atoms with Crippen LogP contribution in [0.5, 0.6) is 0 Å². The molecule has 0 radical (unpaired) electrons. The molecule has 0 saturated carbocycles. The first-order valence-electron chi connectivity index (χ1n) is 5.69. The zero-order valence-electron chi connectivity index (χ0n) is 9.45. The second-order valence-electron chi connectivity index (χ2n) is 4.10. The van der Waals surface area contributed by atoms with Crippen molar-refractivity contribution < 1.29 is 0 Å². The van der Waals surface area contributed by atoms with Gasteiger partial charge in [0.1, 0.15) is 0 Å². The highest BCUT2D eigenvalue weighted by molar-refractivity contribution is 7.17. The first-order valence-corrected chi connectivity index (χ1v) is 6.57. The molecule has 0 unspecified atom stereocenters. The third kappa shape index (κ3) is 1.36. The van der Waals surface area contributed by atoms with Crippen LogP contribution in [0.1, 0.15) is 0 Å². The van der Waals surface area contributed by atoms with Gasteiger partial charge in [-0.15, -0.1) is 11.3 Å². The van der Waals surface area contributed by atoms with Crippen molar-refractivity contribution in [1.82, 2.24) is 14.6 Å². The van der Waals surface area contributed by atoms with Gasteiger partial charge in [-0.1, -0.05) is 18.2 Å². The smallest absolute Gasteiger partial charge is 0.155 e. The summed E-state index contributed by atoms with van der Waals surface area (Å²) in [5, 5.41) is 7.98. The molecule has 0 bridgehead atoms. The highest BCUT2D eigenvalue weighted by Gasteiger charge is 2.09. The van der Waals surface area contributed by atoms with Crippen LogP contribution < -0.4 is 0 Å². The molecule has 4 heteroatoms. The third-order valence-corrected chi connectivity index (χ3v) is 3.96. The first-order chi connectivity index (χ1) is 8.92. The molecule has 0 aliphatic heterocycles. The van der Waals surface area contributed by atoms with Crippen molar-refractivity contribution in [2.45, 2.75) is 0 Å². The van der Waals surface area contributed by atoms with Crippen LogP contribution in [0.25, 0.3) is 27.0 Å². The van der Waals surface area contributed by atoms with Crippen molar-refractivity contribution in [1.29, 1.82) is 0 Å². The molecule has 4 aromatic rings. The minimum absolute atomic E-state index is 0.878. The molecule has 0 N–H and O–H groups in total. The van der Waals surface area contributed by atoms with Gasteiger partial charge in [0.05, 0.1) is 5.69 Å². The highest BCUT2D eigenvalue weighted by Crippen LogP contribution is 2.33. The molecule has 3 aromatic heterocycles. The molecule has 0 aliphatic rings. The van der Waals surface area contributed by atoms with Gasteiger partial charge in [0.2, 0.25) is 0 Å². The quantitative estimate of drug-likeness (QED) is 0.517. The molecular weight excluding hydrogens is 242 g/mol. The van der Waals surface area contributed by atoms with Crippen molar-refractivity contribution in [2.24, 2.45) is 0 Å². The van der Waals surface area contributed by atoms with Crippen molar-refractivity contribution in [3.63, 3.8) is 0 Å². The maximum atomic E-state index is 4.57. The summed E-state index contributed by atoms with van der Waals surface area (Å²) in [4.78, 5) is 4.30. The fourth-order valence-electron chi connectivity index (χ4n) is 2.14. The molecule has 3 heterocycles. The van der Waals surface area contributed by atoms with Crippen LogP contribution in [0.2, 0.25) is 0 Å². The Balaban J connectivity index is 2.01. The van der Waals surface area contributed by atoms with Gasteiger partial charge in [-0.05, 0) is 12.1 Å².